The van der Waals surface area contributed by atoms with Crippen LogP contribution in [0.3, 0.4) is 0 Å². The Bertz CT molecular complexity index is 1970. The summed E-state index contributed by atoms with van der Waals surface area (Å²) in [4.78, 5) is 4.66. The number of nitrogens with zero attached hydrogens (tertiary/aromatic N) is 1. The SMILES string of the molecule is c1ccc2c(c1)Oc1ccnc3c1B2c1ccc(C2(c4ccc5sc6ccccc6c5c4)CCCCC2)cc1O3. The molecule has 1 saturated carbocycles. The van der Waals surface area contributed by atoms with E-state index in [1.807, 2.05) is 23.5 Å². The van der Waals surface area contributed by atoms with Gasteiger partial charge in [0.1, 0.15) is 17.2 Å². The molecule has 40 heavy (non-hydrogen) atoms. The quantitative estimate of drug-likeness (QED) is 0.216. The zero-order valence-electron chi connectivity index (χ0n) is 22.0. The minimum absolute atomic E-state index is 0.0307. The lowest BCUT2D eigenvalue weighted by molar-refractivity contribution is 0.345. The Labute approximate surface area is 237 Å². The summed E-state index contributed by atoms with van der Waals surface area (Å²) < 4.78 is 15.6. The molecule has 0 unspecified atom stereocenters. The topological polar surface area (TPSA) is 31.4 Å². The largest absolute Gasteiger partial charge is 0.458 e. The molecule has 3 aliphatic rings. The first kappa shape index (κ1) is 22.7. The van der Waals surface area contributed by atoms with E-state index in [9.17, 15) is 0 Å². The monoisotopic (exact) mass is 535 g/mol. The van der Waals surface area contributed by atoms with E-state index >= 15 is 0 Å². The molecule has 3 nitrogen and oxygen atoms in total. The number of ether oxygens (including phenoxy) is 2. The predicted molar refractivity (Wildman–Crippen MR) is 165 cm³/mol. The summed E-state index contributed by atoms with van der Waals surface area (Å²) in [7, 11) is 0. The average Bonchev–Trinajstić information content (AvgIpc) is 3.39. The summed E-state index contributed by atoms with van der Waals surface area (Å²) in [6, 6.07) is 33.3. The first-order valence-electron chi connectivity index (χ1n) is 14.3. The van der Waals surface area contributed by atoms with Crippen molar-refractivity contribution in [3.05, 3.63) is 108 Å². The van der Waals surface area contributed by atoms with Crippen LogP contribution >= 0.6 is 11.3 Å². The second-order valence-electron chi connectivity index (χ2n) is 11.4. The molecule has 0 N–H and O–H groups in total. The number of rotatable bonds is 2. The Morgan fingerprint density at radius 1 is 0.650 bits per heavy atom. The molecule has 0 bridgehead atoms. The lowest BCUT2D eigenvalue weighted by Gasteiger charge is -2.40. The second kappa shape index (κ2) is 8.46. The fraction of sp³-hybridized carbons (Fsp3) is 0.171. The molecule has 2 aromatic heterocycles. The van der Waals surface area contributed by atoms with Crippen molar-refractivity contribution in [2.45, 2.75) is 37.5 Å². The summed E-state index contributed by atoms with van der Waals surface area (Å²) in [5.41, 5.74) is 6.14. The number of benzene rings is 4. The van der Waals surface area contributed by atoms with Crippen LogP contribution in [0.4, 0.5) is 0 Å². The van der Waals surface area contributed by atoms with E-state index in [0.717, 1.165) is 35.6 Å². The molecule has 4 aromatic carbocycles. The highest BCUT2D eigenvalue weighted by Crippen LogP contribution is 2.48. The molecule has 0 atom stereocenters. The number of hydrogen-bond donors (Lipinski definition) is 0. The average molecular weight is 535 g/mol. The van der Waals surface area contributed by atoms with Gasteiger partial charge < -0.3 is 9.47 Å². The van der Waals surface area contributed by atoms with Crippen molar-refractivity contribution in [2.24, 2.45) is 0 Å². The summed E-state index contributed by atoms with van der Waals surface area (Å²) in [5, 5.41) is 2.74. The van der Waals surface area contributed by atoms with E-state index < -0.39 is 0 Å². The fourth-order valence-electron chi connectivity index (χ4n) is 7.47. The van der Waals surface area contributed by atoms with Gasteiger partial charge in [0.05, 0.1) is 0 Å². The minimum atomic E-state index is -0.0307. The molecule has 0 amide bonds. The van der Waals surface area contributed by atoms with Gasteiger partial charge in [0.2, 0.25) is 5.88 Å². The molecule has 0 spiro atoms. The maximum atomic E-state index is 6.58. The number of thiophene rings is 1. The highest BCUT2D eigenvalue weighted by molar-refractivity contribution is 7.25. The highest BCUT2D eigenvalue weighted by Gasteiger charge is 2.42. The maximum absolute atomic E-state index is 6.58. The van der Waals surface area contributed by atoms with Crippen LogP contribution in [0, 0.1) is 0 Å². The van der Waals surface area contributed by atoms with E-state index in [0.29, 0.717) is 5.88 Å². The first-order chi connectivity index (χ1) is 19.8. The highest BCUT2D eigenvalue weighted by atomic mass is 32.1. The van der Waals surface area contributed by atoms with Gasteiger partial charge in [-0.25, -0.2) is 4.98 Å². The molecule has 0 saturated heterocycles. The van der Waals surface area contributed by atoms with Crippen molar-refractivity contribution >= 4 is 54.6 Å². The molecule has 5 heteroatoms. The zero-order valence-corrected chi connectivity index (χ0v) is 22.8. The summed E-state index contributed by atoms with van der Waals surface area (Å²) in [6.07, 6.45) is 7.86. The van der Waals surface area contributed by atoms with Crippen LogP contribution in [0.5, 0.6) is 23.1 Å². The minimum Gasteiger partial charge on any atom is -0.458 e. The van der Waals surface area contributed by atoms with Crippen LogP contribution in [0.15, 0.2) is 97.2 Å². The Balaban J connectivity index is 1.22. The molecule has 9 rings (SSSR count). The molecule has 4 heterocycles. The van der Waals surface area contributed by atoms with Gasteiger partial charge in [-0.15, -0.1) is 11.3 Å². The van der Waals surface area contributed by atoms with E-state index in [-0.39, 0.29) is 12.1 Å². The van der Waals surface area contributed by atoms with Crippen molar-refractivity contribution in [2.75, 3.05) is 0 Å². The Kier molecular flexibility index (Phi) is 4.80. The van der Waals surface area contributed by atoms with Crippen LogP contribution in [0.2, 0.25) is 0 Å². The number of fused-ring (bicyclic) bond motifs is 7. The molecule has 0 radical (unpaired) electrons. The molecule has 192 valence electrons. The van der Waals surface area contributed by atoms with Crippen molar-refractivity contribution in [3.8, 4) is 23.1 Å². The van der Waals surface area contributed by atoms with E-state index in [1.54, 1.807) is 6.20 Å². The normalized spacial score (nSPS) is 16.6. The Morgan fingerprint density at radius 2 is 1.43 bits per heavy atom. The molecular weight excluding hydrogens is 509 g/mol. The summed E-state index contributed by atoms with van der Waals surface area (Å²) in [6.45, 7) is 0.0530. The van der Waals surface area contributed by atoms with Crippen molar-refractivity contribution in [1.82, 2.24) is 4.98 Å². The van der Waals surface area contributed by atoms with Gasteiger partial charge in [-0.05, 0) is 71.3 Å². The van der Waals surface area contributed by atoms with E-state index in [2.05, 4.69) is 83.8 Å². The number of pyridine rings is 1. The first-order valence-corrected chi connectivity index (χ1v) is 15.1. The Hall–Kier alpha value is -4.09. The summed E-state index contributed by atoms with van der Waals surface area (Å²) >= 11 is 1.89. The van der Waals surface area contributed by atoms with Gasteiger partial charge >= 0.3 is 0 Å². The number of aromatic nitrogens is 1. The van der Waals surface area contributed by atoms with E-state index in [1.165, 1.54) is 61.5 Å². The number of hydrogen-bond acceptors (Lipinski definition) is 4. The van der Waals surface area contributed by atoms with Crippen molar-refractivity contribution < 1.29 is 9.47 Å². The van der Waals surface area contributed by atoms with Gasteiger partial charge in [0.25, 0.3) is 6.71 Å². The van der Waals surface area contributed by atoms with Gasteiger partial charge in [-0.3, -0.25) is 0 Å². The van der Waals surface area contributed by atoms with Crippen LogP contribution in [-0.4, -0.2) is 11.7 Å². The lowest BCUT2D eigenvalue weighted by atomic mass is 9.35. The molecule has 2 aliphatic heterocycles. The summed E-state index contributed by atoms with van der Waals surface area (Å²) in [5.74, 6) is 3.33. The van der Waals surface area contributed by atoms with Crippen LogP contribution in [0.1, 0.15) is 43.2 Å². The molecule has 6 aromatic rings. The van der Waals surface area contributed by atoms with Crippen LogP contribution < -0.4 is 25.9 Å². The Morgan fingerprint density at radius 3 is 2.38 bits per heavy atom. The lowest BCUT2D eigenvalue weighted by Crippen LogP contribution is -2.57. The van der Waals surface area contributed by atoms with Crippen LogP contribution in [-0.2, 0) is 5.41 Å². The molecular formula is C35H26BNO2S. The standard InChI is InChI=1S/C35H26BNO2S/c1-6-17-35(18-7-1,22-13-15-32-25(20-22)24-8-2-5-11-31(24)40-32)23-12-14-27-30(21-23)39-34-33-29(16-19-37-34)38-28-10-4-3-9-26(28)36(27)33/h2-5,8-16,19-21H,1,6-7,17-18H2. The third-order valence-electron chi connectivity index (χ3n) is 9.37. The number of para-hydroxylation sites is 1. The molecule has 1 aliphatic carbocycles. The predicted octanol–water partition coefficient (Wildman–Crippen LogP) is 7.43. The zero-order chi connectivity index (χ0) is 26.3. The van der Waals surface area contributed by atoms with Gasteiger partial charge in [-0.1, -0.05) is 73.9 Å². The third kappa shape index (κ3) is 3.16. The van der Waals surface area contributed by atoms with Crippen molar-refractivity contribution in [3.63, 3.8) is 0 Å². The maximum Gasteiger partial charge on any atom is 0.262 e. The van der Waals surface area contributed by atoms with Crippen molar-refractivity contribution in [1.29, 1.82) is 0 Å². The van der Waals surface area contributed by atoms with Gasteiger partial charge in [-0.2, -0.15) is 0 Å². The van der Waals surface area contributed by atoms with Crippen LogP contribution in [0.25, 0.3) is 20.2 Å². The molecule has 1 fully saturated rings. The van der Waals surface area contributed by atoms with E-state index in [4.69, 9.17) is 9.47 Å². The van der Waals surface area contributed by atoms with Gasteiger partial charge in [0.15, 0.2) is 0 Å². The second-order valence-corrected chi connectivity index (χ2v) is 12.5. The fourth-order valence-corrected chi connectivity index (χ4v) is 8.55. The third-order valence-corrected chi connectivity index (χ3v) is 10.5. The smallest absolute Gasteiger partial charge is 0.262 e. The van der Waals surface area contributed by atoms with Gasteiger partial charge in [0, 0.05) is 37.2 Å².